The number of thioether (sulfide) groups is 1. The molecule has 0 aliphatic rings. The van der Waals surface area contributed by atoms with Crippen molar-refractivity contribution in [3.05, 3.63) is 28.9 Å². The Balaban J connectivity index is 2.85. The molecule has 3 heteroatoms. The summed E-state index contributed by atoms with van der Waals surface area (Å²) in [6.07, 6.45) is 1.98. The molecule has 1 heterocycles. The van der Waals surface area contributed by atoms with Gasteiger partial charge in [0.25, 0.3) is 0 Å². The van der Waals surface area contributed by atoms with Gasteiger partial charge in [0, 0.05) is 20.4 Å². The van der Waals surface area contributed by atoms with Gasteiger partial charge in [-0.2, -0.15) is 0 Å². The molecule has 0 radical (unpaired) electrons. The summed E-state index contributed by atoms with van der Waals surface area (Å²) in [4.78, 5) is 1.04. The maximum absolute atomic E-state index is 13.7. The molecule has 1 aromatic carbocycles. The molecule has 0 nitrogen and oxygen atoms in total. The van der Waals surface area contributed by atoms with E-state index >= 15 is 0 Å². The zero-order valence-electron chi connectivity index (χ0n) is 7.43. The van der Waals surface area contributed by atoms with E-state index in [-0.39, 0.29) is 5.82 Å². The first-order chi connectivity index (χ1) is 6.24. The topological polar surface area (TPSA) is 0 Å². The number of benzene rings is 1. The molecular weight excluding hydrogens is 203 g/mol. The minimum Gasteiger partial charge on any atom is -0.206 e. The van der Waals surface area contributed by atoms with Crippen molar-refractivity contribution in [3.8, 4) is 0 Å². The second-order valence-corrected chi connectivity index (χ2v) is 4.63. The van der Waals surface area contributed by atoms with Crippen molar-refractivity contribution in [2.24, 2.45) is 0 Å². The lowest BCUT2D eigenvalue weighted by molar-refractivity contribution is 0.629. The molecule has 2 aromatic rings. The van der Waals surface area contributed by atoms with Crippen molar-refractivity contribution in [2.75, 3.05) is 6.26 Å². The van der Waals surface area contributed by atoms with Crippen LogP contribution >= 0.6 is 23.1 Å². The van der Waals surface area contributed by atoms with Gasteiger partial charge in [-0.05, 0) is 24.8 Å². The highest BCUT2D eigenvalue weighted by Gasteiger charge is 2.09. The van der Waals surface area contributed by atoms with E-state index in [0.717, 1.165) is 20.5 Å². The molecule has 1 aromatic heterocycles. The van der Waals surface area contributed by atoms with Crippen LogP contribution in [0.2, 0.25) is 0 Å². The fourth-order valence-electron chi connectivity index (χ4n) is 1.32. The Labute approximate surface area is 84.8 Å². The highest BCUT2D eigenvalue weighted by Crippen LogP contribution is 2.34. The maximum Gasteiger partial charge on any atom is 0.135 e. The highest BCUT2D eigenvalue weighted by atomic mass is 32.2. The Bertz CT molecular complexity index is 445. The van der Waals surface area contributed by atoms with Crippen LogP contribution in [0.25, 0.3) is 10.1 Å². The van der Waals surface area contributed by atoms with Gasteiger partial charge in [-0.1, -0.05) is 6.07 Å². The van der Waals surface area contributed by atoms with Crippen LogP contribution in [0.4, 0.5) is 4.39 Å². The van der Waals surface area contributed by atoms with E-state index in [0.29, 0.717) is 0 Å². The summed E-state index contributed by atoms with van der Waals surface area (Å²) >= 11 is 3.20. The summed E-state index contributed by atoms with van der Waals surface area (Å²) in [6.45, 7) is 1.80. The highest BCUT2D eigenvalue weighted by molar-refractivity contribution is 7.99. The Morgan fingerprint density at radius 1 is 1.38 bits per heavy atom. The lowest BCUT2D eigenvalue weighted by Gasteiger charge is -1.99. The molecule has 0 amide bonds. The quantitative estimate of drug-likeness (QED) is 0.642. The van der Waals surface area contributed by atoms with Gasteiger partial charge in [0.05, 0.1) is 0 Å². The average Bonchev–Trinajstić information content (AvgIpc) is 2.55. The largest absolute Gasteiger partial charge is 0.206 e. The van der Waals surface area contributed by atoms with E-state index in [2.05, 4.69) is 0 Å². The van der Waals surface area contributed by atoms with Crippen LogP contribution in [0, 0.1) is 12.7 Å². The molecule has 0 spiro atoms. The van der Waals surface area contributed by atoms with Crippen molar-refractivity contribution in [1.29, 1.82) is 0 Å². The van der Waals surface area contributed by atoms with E-state index < -0.39 is 0 Å². The molecular formula is C10H9FS2. The number of fused-ring (bicyclic) bond motifs is 1. The van der Waals surface area contributed by atoms with Crippen molar-refractivity contribution in [1.82, 2.24) is 0 Å². The molecule has 0 saturated heterocycles. The van der Waals surface area contributed by atoms with Crippen LogP contribution in [0.3, 0.4) is 0 Å². The van der Waals surface area contributed by atoms with Gasteiger partial charge in [0.1, 0.15) is 5.82 Å². The minimum atomic E-state index is -0.0666. The van der Waals surface area contributed by atoms with Crippen molar-refractivity contribution < 1.29 is 4.39 Å². The molecule has 0 unspecified atom stereocenters. The monoisotopic (exact) mass is 212 g/mol. The molecule has 0 saturated carbocycles. The second kappa shape index (κ2) is 3.31. The molecule has 2 rings (SSSR count). The summed E-state index contributed by atoms with van der Waals surface area (Å²) in [5.41, 5.74) is 0.723. The zero-order chi connectivity index (χ0) is 9.42. The first-order valence-corrected chi connectivity index (χ1v) is 6.04. The van der Waals surface area contributed by atoms with Crippen LogP contribution in [0.1, 0.15) is 5.56 Å². The third kappa shape index (κ3) is 1.36. The summed E-state index contributed by atoms with van der Waals surface area (Å²) in [5, 5.41) is 2.80. The predicted molar refractivity (Wildman–Crippen MR) is 58.3 cm³/mol. The first kappa shape index (κ1) is 9.03. The van der Waals surface area contributed by atoms with Crippen molar-refractivity contribution in [3.63, 3.8) is 0 Å². The summed E-state index contributed by atoms with van der Waals surface area (Å²) < 4.78 is 14.7. The second-order valence-electron chi connectivity index (χ2n) is 2.87. The smallest absolute Gasteiger partial charge is 0.135 e. The molecule has 0 atom stereocenters. The molecule has 13 heavy (non-hydrogen) atoms. The summed E-state index contributed by atoms with van der Waals surface area (Å²) in [6, 6.07) is 3.82. The lowest BCUT2D eigenvalue weighted by Crippen LogP contribution is -1.82. The van der Waals surface area contributed by atoms with Gasteiger partial charge in [0.15, 0.2) is 0 Å². The Hall–Kier alpha value is -0.540. The Kier molecular flexibility index (Phi) is 2.30. The van der Waals surface area contributed by atoms with Crippen LogP contribution < -0.4 is 0 Å². The van der Waals surface area contributed by atoms with Crippen LogP contribution in [0.15, 0.2) is 22.4 Å². The number of thiophene rings is 1. The first-order valence-electron chi connectivity index (χ1n) is 3.94. The van der Waals surface area contributed by atoms with Crippen molar-refractivity contribution in [2.45, 2.75) is 11.8 Å². The van der Waals surface area contributed by atoms with Gasteiger partial charge in [-0.25, -0.2) is 4.39 Å². The standard InChI is InChI=1S/C10H9FS2/c1-6-3-4-7-9(10(6)11)8(12-2)5-13-7/h3-5H,1-2H3. The molecule has 0 aliphatic carbocycles. The minimum absolute atomic E-state index is 0.0666. The SMILES string of the molecule is CSc1csc2ccc(C)c(F)c12. The van der Waals surface area contributed by atoms with E-state index in [9.17, 15) is 4.39 Å². The zero-order valence-corrected chi connectivity index (χ0v) is 9.06. The van der Waals surface area contributed by atoms with Gasteiger partial charge >= 0.3 is 0 Å². The third-order valence-electron chi connectivity index (χ3n) is 2.06. The fraction of sp³-hybridized carbons (Fsp3) is 0.200. The van der Waals surface area contributed by atoms with Crippen LogP contribution in [-0.2, 0) is 0 Å². The normalized spacial score (nSPS) is 11.0. The van der Waals surface area contributed by atoms with Gasteiger partial charge in [0.2, 0.25) is 0 Å². The van der Waals surface area contributed by atoms with E-state index in [1.165, 1.54) is 0 Å². The number of halogens is 1. The summed E-state index contributed by atoms with van der Waals surface area (Å²) in [5.74, 6) is -0.0666. The Morgan fingerprint density at radius 2 is 2.15 bits per heavy atom. The van der Waals surface area contributed by atoms with Crippen LogP contribution in [0.5, 0.6) is 0 Å². The summed E-state index contributed by atoms with van der Waals surface area (Å²) in [7, 11) is 0. The van der Waals surface area contributed by atoms with Crippen LogP contribution in [-0.4, -0.2) is 6.26 Å². The van der Waals surface area contributed by atoms with Gasteiger partial charge in [-0.15, -0.1) is 23.1 Å². The van der Waals surface area contributed by atoms with Gasteiger partial charge in [-0.3, -0.25) is 0 Å². The molecule has 68 valence electrons. The van der Waals surface area contributed by atoms with Crippen molar-refractivity contribution >= 4 is 33.2 Å². The predicted octanol–water partition coefficient (Wildman–Crippen LogP) is 4.07. The molecule has 0 N–H and O–H groups in total. The number of aryl methyl sites for hydroxylation is 1. The molecule has 0 fully saturated rings. The van der Waals surface area contributed by atoms with Gasteiger partial charge < -0.3 is 0 Å². The third-order valence-corrected chi connectivity index (χ3v) is 3.91. The number of hydrogen-bond acceptors (Lipinski definition) is 2. The average molecular weight is 212 g/mol. The Morgan fingerprint density at radius 3 is 2.85 bits per heavy atom. The van der Waals surface area contributed by atoms with E-state index in [4.69, 9.17) is 0 Å². The maximum atomic E-state index is 13.7. The molecule has 0 bridgehead atoms. The number of rotatable bonds is 1. The van der Waals surface area contributed by atoms with E-state index in [1.807, 2.05) is 23.8 Å². The number of hydrogen-bond donors (Lipinski definition) is 0. The lowest BCUT2D eigenvalue weighted by atomic mass is 10.2. The molecule has 0 aliphatic heterocycles. The van der Waals surface area contributed by atoms with E-state index in [1.54, 1.807) is 30.0 Å². The fourth-order valence-corrected chi connectivity index (χ4v) is 3.13.